The Morgan fingerprint density at radius 1 is 1.16 bits per heavy atom. The number of benzene rings is 2. The van der Waals surface area contributed by atoms with Crippen molar-refractivity contribution in [3.63, 3.8) is 0 Å². The number of fused-ring (bicyclic) bond motifs is 1. The van der Waals surface area contributed by atoms with Crippen molar-refractivity contribution in [1.82, 2.24) is 9.55 Å². The molecule has 0 atom stereocenters. The molecule has 0 radical (unpaired) electrons. The van der Waals surface area contributed by atoms with Gasteiger partial charge in [-0.1, -0.05) is 23.7 Å². The topological polar surface area (TPSA) is 34.9 Å². The first-order chi connectivity index (χ1) is 9.15. The zero-order valence-electron chi connectivity index (χ0n) is 9.68. The van der Waals surface area contributed by atoms with Crippen LogP contribution in [0.2, 0.25) is 5.02 Å². The summed E-state index contributed by atoms with van der Waals surface area (Å²) in [5.41, 5.74) is 0.382. The minimum absolute atomic E-state index is 0.327. The SMILES string of the molecule is O=c1nc2cc(F)ccc2cn1-c1ccccc1Cl. The van der Waals surface area contributed by atoms with Gasteiger partial charge < -0.3 is 0 Å². The lowest BCUT2D eigenvalue weighted by molar-refractivity contribution is 0.629. The Balaban J connectivity index is 2.31. The molecule has 0 N–H and O–H groups in total. The number of para-hydroxylation sites is 1. The Morgan fingerprint density at radius 3 is 2.74 bits per heavy atom. The molecule has 0 fully saturated rings. The molecule has 0 aliphatic heterocycles. The lowest BCUT2D eigenvalue weighted by Gasteiger charge is -2.08. The highest BCUT2D eigenvalue weighted by molar-refractivity contribution is 6.32. The van der Waals surface area contributed by atoms with Crippen LogP contribution in [-0.4, -0.2) is 9.55 Å². The van der Waals surface area contributed by atoms with Crippen molar-refractivity contribution < 1.29 is 4.39 Å². The average Bonchev–Trinajstić information content (AvgIpc) is 2.39. The number of hydrogen-bond acceptors (Lipinski definition) is 2. The summed E-state index contributed by atoms with van der Waals surface area (Å²) in [6.07, 6.45) is 1.60. The van der Waals surface area contributed by atoms with Gasteiger partial charge in [0.1, 0.15) is 5.82 Å². The number of aromatic nitrogens is 2. The molecule has 0 unspecified atom stereocenters. The van der Waals surface area contributed by atoms with Crippen molar-refractivity contribution in [1.29, 1.82) is 0 Å². The van der Waals surface area contributed by atoms with Gasteiger partial charge in [0.15, 0.2) is 0 Å². The quantitative estimate of drug-likeness (QED) is 0.683. The fourth-order valence-electron chi connectivity index (χ4n) is 1.89. The third-order valence-electron chi connectivity index (χ3n) is 2.79. The molecular formula is C14H8ClFN2O. The lowest BCUT2D eigenvalue weighted by Crippen LogP contribution is -2.20. The second-order valence-electron chi connectivity index (χ2n) is 4.05. The molecule has 0 aliphatic rings. The Morgan fingerprint density at radius 2 is 1.95 bits per heavy atom. The highest BCUT2D eigenvalue weighted by Gasteiger charge is 2.07. The maximum absolute atomic E-state index is 13.1. The summed E-state index contributed by atoms with van der Waals surface area (Å²) in [6, 6.07) is 11.1. The first-order valence-corrected chi connectivity index (χ1v) is 5.97. The van der Waals surface area contributed by atoms with Crippen LogP contribution in [0.3, 0.4) is 0 Å². The number of rotatable bonds is 1. The number of hydrogen-bond donors (Lipinski definition) is 0. The van der Waals surface area contributed by atoms with E-state index in [0.717, 1.165) is 0 Å². The van der Waals surface area contributed by atoms with Gasteiger partial charge in [0.2, 0.25) is 0 Å². The highest BCUT2D eigenvalue weighted by Crippen LogP contribution is 2.19. The molecular weight excluding hydrogens is 267 g/mol. The molecule has 5 heteroatoms. The largest absolute Gasteiger partial charge is 0.352 e. The summed E-state index contributed by atoms with van der Waals surface area (Å²) < 4.78 is 14.4. The molecule has 0 saturated heterocycles. The van der Waals surface area contributed by atoms with E-state index >= 15 is 0 Å². The molecule has 0 aliphatic carbocycles. The van der Waals surface area contributed by atoms with Gasteiger partial charge in [0.05, 0.1) is 16.2 Å². The first kappa shape index (κ1) is 11.9. The molecule has 3 rings (SSSR count). The summed E-state index contributed by atoms with van der Waals surface area (Å²) in [4.78, 5) is 15.8. The van der Waals surface area contributed by atoms with Crippen LogP contribution in [0.4, 0.5) is 4.39 Å². The van der Waals surface area contributed by atoms with E-state index in [0.29, 0.717) is 21.6 Å². The average molecular weight is 275 g/mol. The van der Waals surface area contributed by atoms with Crippen LogP contribution >= 0.6 is 11.6 Å². The fourth-order valence-corrected chi connectivity index (χ4v) is 2.12. The Kier molecular flexibility index (Phi) is 2.80. The Labute approximate surface area is 112 Å². The molecule has 3 aromatic rings. The molecule has 0 saturated carbocycles. The summed E-state index contributed by atoms with van der Waals surface area (Å²) in [5.74, 6) is -0.421. The van der Waals surface area contributed by atoms with E-state index in [-0.39, 0.29) is 0 Å². The van der Waals surface area contributed by atoms with Crippen LogP contribution in [0.1, 0.15) is 0 Å². The number of nitrogens with zero attached hydrogens (tertiary/aromatic N) is 2. The maximum Gasteiger partial charge on any atom is 0.352 e. The lowest BCUT2D eigenvalue weighted by atomic mass is 10.2. The normalized spacial score (nSPS) is 10.8. The standard InChI is InChI=1S/C14H8ClFN2O/c15-11-3-1-2-4-13(11)18-8-9-5-6-10(16)7-12(9)17-14(18)19/h1-8H. The van der Waals surface area contributed by atoms with Crippen LogP contribution < -0.4 is 5.69 Å². The molecule has 94 valence electrons. The monoisotopic (exact) mass is 274 g/mol. The van der Waals surface area contributed by atoms with Crippen molar-refractivity contribution in [2.45, 2.75) is 0 Å². The van der Waals surface area contributed by atoms with Gasteiger partial charge in [-0.05, 0) is 24.3 Å². The van der Waals surface area contributed by atoms with E-state index in [2.05, 4.69) is 4.98 Å². The second-order valence-corrected chi connectivity index (χ2v) is 4.46. The zero-order valence-corrected chi connectivity index (χ0v) is 10.4. The van der Waals surface area contributed by atoms with E-state index in [1.165, 1.54) is 16.7 Å². The predicted octanol–water partition coefficient (Wildman–Crippen LogP) is 3.18. The van der Waals surface area contributed by atoms with E-state index in [1.807, 2.05) is 0 Å². The number of halogens is 2. The van der Waals surface area contributed by atoms with E-state index in [1.54, 1.807) is 36.5 Å². The minimum atomic E-state index is -0.494. The van der Waals surface area contributed by atoms with Gasteiger partial charge in [-0.25, -0.2) is 9.18 Å². The summed E-state index contributed by atoms with van der Waals surface area (Å²) >= 11 is 6.06. The molecule has 0 bridgehead atoms. The van der Waals surface area contributed by atoms with Crippen molar-refractivity contribution in [3.05, 3.63) is 70.0 Å². The molecule has 2 aromatic carbocycles. The first-order valence-electron chi connectivity index (χ1n) is 5.59. The van der Waals surface area contributed by atoms with Crippen LogP contribution in [0.5, 0.6) is 0 Å². The van der Waals surface area contributed by atoms with Crippen LogP contribution in [0, 0.1) is 5.82 Å². The Bertz CT molecular complexity index is 829. The van der Waals surface area contributed by atoms with Gasteiger partial charge in [0.25, 0.3) is 0 Å². The highest BCUT2D eigenvalue weighted by atomic mass is 35.5. The third-order valence-corrected chi connectivity index (χ3v) is 3.11. The summed E-state index contributed by atoms with van der Waals surface area (Å²) in [6.45, 7) is 0. The van der Waals surface area contributed by atoms with Gasteiger partial charge in [-0.15, -0.1) is 0 Å². The van der Waals surface area contributed by atoms with E-state index < -0.39 is 11.5 Å². The van der Waals surface area contributed by atoms with Crippen molar-refractivity contribution in [2.24, 2.45) is 0 Å². The smallest absolute Gasteiger partial charge is 0.266 e. The third kappa shape index (κ3) is 2.11. The Hall–Kier alpha value is -2.20. The van der Waals surface area contributed by atoms with Gasteiger partial charge in [-0.2, -0.15) is 4.98 Å². The molecule has 1 aromatic heterocycles. The van der Waals surface area contributed by atoms with Crippen molar-refractivity contribution >= 4 is 22.5 Å². The van der Waals surface area contributed by atoms with Gasteiger partial charge in [0, 0.05) is 17.6 Å². The minimum Gasteiger partial charge on any atom is -0.266 e. The molecule has 0 amide bonds. The molecule has 3 nitrogen and oxygen atoms in total. The van der Waals surface area contributed by atoms with E-state index in [4.69, 9.17) is 11.6 Å². The van der Waals surface area contributed by atoms with Crippen LogP contribution in [0.25, 0.3) is 16.6 Å². The van der Waals surface area contributed by atoms with Gasteiger partial charge in [-0.3, -0.25) is 4.57 Å². The van der Waals surface area contributed by atoms with Gasteiger partial charge >= 0.3 is 5.69 Å². The zero-order chi connectivity index (χ0) is 13.4. The summed E-state index contributed by atoms with van der Waals surface area (Å²) in [5, 5.41) is 1.12. The predicted molar refractivity (Wildman–Crippen MR) is 72.3 cm³/mol. The van der Waals surface area contributed by atoms with Crippen LogP contribution in [0.15, 0.2) is 53.5 Å². The van der Waals surface area contributed by atoms with Crippen molar-refractivity contribution in [2.75, 3.05) is 0 Å². The fraction of sp³-hybridized carbons (Fsp3) is 0. The van der Waals surface area contributed by atoms with Crippen LogP contribution in [-0.2, 0) is 0 Å². The van der Waals surface area contributed by atoms with E-state index in [9.17, 15) is 9.18 Å². The summed E-state index contributed by atoms with van der Waals surface area (Å²) in [7, 11) is 0. The van der Waals surface area contributed by atoms with Crippen molar-refractivity contribution in [3.8, 4) is 5.69 Å². The molecule has 19 heavy (non-hydrogen) atoms. The second kappa shape index (κ2) is 4.48. The molecule has 0 spiro atoms. The maximum atomic E-state index is 13.1. The molecule has 1 heterocycles.